The molecule has 0 unspecified atom stereocenters. The van der Waals surface area contributed by atoms with Crippen molar-refractivity contribution in [1.82, 2.24) is 4.90 Å². The number of rotatable bonds is 10. The maximum Gasteiger partial charge on any atom is 0.293 e. The van der Waals surface area contributed by atoms with E-state index in [1.807, 2.05) is 6.92 Å². The smallest absolute Gasteiger partial charge is 0.293 e. The number of nitro groups is 1. The number of carbonyl (C=O) groups excluding carboxylic acids is 3. The Bertz CT molecular complexity index is 1470. The van der Waals surface area contributed by atoms with Crippen LogP contribution >= 0.6 is 43.6 Å². The van der Waals surface area contributed by atoms with Gasteiger partial charge in [-0.15, -0.1) is 0 Å². The molecule has 0 spiro atoms. The van der Waals surface area contributed by atoms with Crippen LogP contribution in [0.4, 0.5) is 10.5 Å². The summed E-state index contributed by atoms with van der Waals surface area (Å²) in [6, 6.07) is 16.1. The molecule has 1 heterocycles. The minimum atomic E-state index is -0.553. The average Bonchev–Trinajstić information content (AvgIpc) is 3.16. The second-order valence-corrected chi connectivity index (χ2v) is 10.9. The van der Waals surface area contributed by atoms with Crippen LogP contribution in [-0.4, -0.2) is 39.9 Å². The molecular weight excluding hydrogens is 656 g/mol. The summed E-state index contributed by atoms with van der Waals surface area (Å²) in [4.78, 5) is 49.7. The van der Waals surface area contributed by atoms with Gasteiger partial charge >= 0.3 is 0 Å². The molecule has 0 bridgehead atoms. The SMILES string of the molecule is CCOc1cc(/C=C2/SC(=O)N(CC(=O)c3ccc(Br)cc3)C2=O)cc(Br)c1OCc1ccc([N+](=O)[O-])cc1. The second-order valence-electron chi connectivity index (χ2n) is 8.17. The first kappa shape index (κ1) is 28.5. The molecule has 1 aliphatic heterocycles. The standard InChI is InChI=1S/C27H20Br2N2O7S/c1-2-37-23-12-17(11-21(29)25(23)38-15-16-3-9-20(10-4-16)31(35)36)13-24-26(33)30(27(34)39-24)14-22(32)18-5-7-19(28)8-6-18/h3-13H,2,14-15H2,1H3/b24-13+. The molecule has 12 heteroatoms. The summed E-state index contributed by atoms with van der Waals surface area (Å²) in [6.07, 6.45) is 1.56. The van der Waals surface area contributed by atoms with Gasteiger partial charge in [-0.25, -0.2) is 0 Å². The Balaban J connectivity index is 1.51. The van der Waals surface area contributed by atoms with E-state index in [-0.39, 0.29) is 29.5 Å². The lowest BCUT2D eigenvalue weighted by Gasteiger charge is -2.15. The second kappa shape index (κ2) is 12.6. The molecule has 200 valence electrons. The number of nitrogens with zero attached hydrogens (tertiary/aromatic N) is 2. The first-order chi connectivity index (χ1) is 18.7. The maximum absolute atomic E-state index is 13.0. The van der Waals surface area contributed by atoms with Crippen molar-refractivity contribution >= 4 is 72.3 Å². The van der Waals surface area contributed by atoms with Crippen LogP contribution in [0.25, 0.3) is 6.08 Å². The fourth-order valence-corrected chi connectivity index (χ4v) is 5.28. The van der Waals surface area contributed by atoms with E-state index in [1.54, 1.807) is 54.6 Å². The van der Waals surface area contributed by atoms with Crippen LogP contribution < -0.4 is 9.47 Å². The third-order valence-electron chi connectivity index (χ3n) is 5.50. The fourth-order valence-electron chi connectivity index (χ4n) is 3.60. The summed E-state index contributed by atoms with van der Waals surface area (Å²) in [6.45, 7) is 1.95. The van der Waals surface area contributed by atoms with E-state index in [2.05, 4.69) is 31.9 Å². The van der Waals surface area contributed by atoms with Gasteiger partial charge < -0.3 is 9.47 Å². The van der Waals surface area contributed by atoms with Crippen molar-refractivity contribution < 1.29 is 28.8 Å². The van der Waals surface area contributed by atoms with Gasteiger partial charge in [-0.2, -0.15) is 0 Å². The third-order valence-corrected chi connectivity index (χ3v) is 7.53. The van der Waals surface area contributed by atoms with E-state index in [0.29, 0.717) is 33.7 Å². The number of benzene rings is 3. The molecule has 39 heavy (non-hydrogen) atoms. The Kier molecular flexibility index (Phi) is 9.20. The minimum Gasteiger partial charge on any atom is -0.490 e. The van der Waals surface area contributed by atoms with Crippen molar-refractivity contribution in [2.24, 2.45) is 0 Å². The predicted molar refractivity (Wildman–Crippen MR) is 154 cm³/mol. The molecule has 9 nitrogen and oxygen atoms in total. The number of nitro benzene ring substituents is 1. The van der Waals surface area contributed by atoms with Crippen LogP contribution in [-0.2, 0) is 11.4 Å². The highest BCUT2D eigenvalue weighted by Gasteiger charge is 2.36. The Morgan fingerprint density at radius 3 is 2.38 bits per heavy atom. The third kappa shape index (κ3) is 6.94. The number of Topliss-reactive ketones (excluding diaryl/α,β-unsaturated/α-hetero) is 1. The zero-order valence-corrected chi connectivity index (χ0v) is 24.4. The molecule has 3 aromatic carbocycles. The van der Waals surface area contributed by atoms with E-state index >= 15 is 0 Å². The first-order valence-corrected chi connectivity index (χ1v) is 13.9. The summed E-state index contributed by atoms with van der Waals surface area (Å²) in [5, 5.41) is 10.3. The molecule has 0 N–H and O–H groups in total. The van der Waals surface area contributed by atoms with E-state index in [0.717, 1.165) is 26.7 Å². The molecule has 0 atom stereocenters. The molecule has 1 aliphatic rings. The number of imide groups is 1. The van der Waals surface area contributed by atoms with Crippen molar-refractivity contribution in [2.45, 2.75) is 13.5 Å². The minimum absolute atomic E-state index is 0.0126. The molecule has 0 aromatic heterocycles. The molecule has 2 amide bonds. The molecule has 0 aliphatic carbocycles. The Morgan fingerprint density at radius 2 is 1.74 bits per heavy atom. The Hall–Kier alpha value is -3.48. The van der Waals surface area contributed by atoms with Gasteiger partial charge in [0.1, 0.15) is 6.61 Å². The van der Waals surface area contributed by atoms with Gasteiger partial charge in [-0.05, 0) is 88.2 Å². The number of ether oxygens (including phenoxy) is 2. The highest BCUT2D eigenvalue weighted by atomic mass is 79.9. The molecule has 0 saturated carbocycles. The van der Waals surface area contributed by atoms with E-state index in [4.69, 9.17) is 9.47 Å². The quantitative estimate of drug-likeness (QED) is 0.0975. The van der Waals surface area contributed by atoms with Gasteiger partial charge in [0, 0.05) is 22.2 Å². The summed E-state index contributed by atoms with van der Waals surface area (Å²) < 4.78 is 13.1. The van der Waals surface area contributed by atoms with Crippen molar-refractivity contribution in [3.8, 4) is 11.5 Å². The lowest BCUT2D eigenvalue weighted by Crippen LogP contribution is -2.33. The van der Waals surface area contributed by atoms with E-state index in [1.165, 1.54) is 12.1 Å². The molecule has 4 rings (SSSR count). The van der Waals surface area contributed by atoms with Crippen molar-refractivity contribution in [3.05, 3.63) is 101 Å². The topological polar surface area (TPSA) is 116 Å². The lowest BCUT2D eigenvalue weighted by molar-refractivity contribution is -0.384. The summed E-state index contributed by atoms with van der Waals surface area (Å²) in [7, 11) is 0. The Labute approximate surface area is 244 Å². The van der Waals surface area contributed by atoms with Crippen LogP contribution in [0, 0.1) is 10.1 Å². The highest BCUT2D eigenvalue weighted by Crippen LogP contribution is 2.40. The number of amides is 2. The predicted octanol–water partition coefficient (Wildman–Crippen LogP) is 7.02. The summed E-state index contributed by atoms with van der Waals surface area (Å²) in [5.74, 6) is -0.0739. The van der Waals surface area contributed by atoms with Crippen LogP contribution in [0.15, 0.2) is 74.5 Å². The average molecular weight is 676 g/mol. The zero-order valence-electron chi connectivity index (χ0n) is 20.4. The van der Waals surface area contributed by atoms with Gasteiger partial charge in [-0.1, -0.05) is 28.1 Å². The van der Waals surface area contributed by atoms with E-state index < -0.39 is 16.1 Å². The van der Waals surface area contributed by atoms with Crippen molar-refractivity contribution in [2.75, 3.05) is 13.2 Å². The number of ketones is 1. The Morgan fingerprint density at radius 1 is 1.05 bits per heavy atom. The van der Waals surface area contributed by atoms with Gasteiger partial charge in [0.05, 0.1) is 27.5 Å². The number of hydrogen-bond acceptors (Lipinski definition) is 8. The molecule has 0 radical (unpaired) electrons. The highest BCUT2D eigenvalue weighted by molar-refractivity contribution is 9.10. The zero-order chi connectivity index (χ0) is 28.1. The monoisotopic (exact) mass is 674 g/mol. The van der Waals surface area contributed by atoms with Crippen LogP contribution in [0.2, 0.25) is 0 Å². The largest absolute Gasteiger partial charge is 0.490 e. The van der Waals surface area contributed by atoms with Gasteiger partial charge in [-0.3, -0.25) is 29.4 Å². The molecule has 1 fully saturated rings. The number of halogens is 2. The van der Waals surface area contributed by atoms with Crippen molar-refractivity contribution in [1.29, 1.82) is 0 Å². The van der Waals surface area contributed by atoms with Gasteiger partial charge in [0.2, 0.25) is 0 Å². The van der Waals surface area contributed by atoms with Gasteiger partial charge in [0.15, 0.2) is 17.3 Å². The number of carbonyl (C=O) groups is 3. The number of thioether (sulfide) groups is 1. The molecular formula is C27H20Br2N2O7S. The van der Waals surface area contributed by atoms with Crippen LogP contribution in [0.1, 0.15) is 28.4 Å². The molecule has 3 aromatic rings. The number of hydrogen-bond donors (Lipinski definition) is 0. The first-order valence-electron chi connectivity index (χ1n) is 11.5. The number of non-ortho nitro benzene ring substituents is 1. The van der Waals surface area contributed by atoms with E-state index in [9.17, 15) is 24.5 Å². The van der Waals surface area contributed by atoms with Gasteiger partial charge in [0.25, 0.3) is 16.8 Å². The molecule has 1 saturated heterocycles. The normalized spacial score (nSPS) is 14.1. The lowest BCUT2D eigenvalue weighted by atomic mass is 10.1. The maximum atomic E-state index is 13.0. The summed E-state index contributed by atoms with van der Waals surface area (Å²) in [5.41, 5.74) is 1.69. The van der Waals surface area contributed by atoms with Crippen LogP contribution in [0.3, 0.4) is 0 Å². The van der Waals surface area contributed by atoms with Crippen LogP contribution in [0.5, 0.6) is 11.5 Å². The van der Waals surface area contributed by atoms with Crippen molar-refractivity contribution in [3.63, 3.8) is 0 Å². The fraction of sp³-hybridized carbons (Fsp3) is 0.148. The summed E-state index contributed by atoms with van der Waals surface area (Å²) >= 11 is 7.55.